The number of carbonyl (C=O) groups is 1. The van der Waals surface area contributed by atoms with E-state index in [1.807, 2.05) is 30.3 Å². The summed E-state index contributed by atoms with van der Waals surface area (Å²) < 4.78 is 37.5. The van der Waals surface area contributed by atoms with Crippen LogP contribution in [0.2, 0.25) is 0 Å². The maximum absolute atomic E-state index is 12.7. The molecule has 0 saturated heterocycles. The van der Waals surface area contributed by atoms with Crippen molar-refractivity contribution in [1.82, 2.24) is 14.9 Å². The third-order valence-electron chi connectivity index (χ3n) is 3.75. The Morgan fingerprint density at radius 3 is 2.62 bits per heavy atom. The summed E-state index contributed by atoms with van der Waals surface area (Å²) >= 11 is 1.36. The quantitative estimate of drug-likeness (QED) is 0.755. The molecule has 1 amide bonds. The Labute approximate surface area is 150 Å². The molecule has 0 bridgehead atoms. The van der Waals surface area contributed by atoms with E-state index in [1.54, 1.807) is 12.2 Å². The molecule has 2 heterocycles. The number of nitrogens with one attached hydrogen (secondary N) is 1. The Morgan fingerprint density at radius 2 is 1.96 bits per heavy atom. The molecule has 2 aromatic heterocycles. The zero-order chi connectivity index (χ0) is 18.9. The van der Waals surface area contributed by atoms with Gasteiger partial charge in [-0.3, -0.25) is 14.2 Å². The largest absolute Gasteiger partial charge is 0.405 e. The second kappa shape index (κ2) is 6.91. The molecule has 9 heteroatoms. The standard InChI is InChI=1S/C17H14F3N3O2S/c1-10-13-15(26-14(10)11-5-3-2-4-6-11)22-9-23(16(13)25)7-12(24)21-8-17(18,19)20/h2-6,9H,7-8H2,1H3,(H,21,24). The number of carbonyl (C=O) groups excluding carboxylic acids is 1. The Kier molecular flexibility index (Phi) is 4.82. The first kappa shape index (κ1) is 18.1. The Hall–Kier alpha value is -2.68. The fourth-order valence-electron chi connectivity index (χ4n) is 2.55. The number of nitrogens with zero attached hydrogens (tertiary/aromatic N) is 2. The van der Waals surface area contributed by atoms with E-state index >= 15 is 0 Å². The Balaban J connectivity index is 1.93. The van der Waals surface area contributed by atoms with Crippen LogP contribution in [0.15, 0.2) is 41.5 Å². The Bertz CT molecular complexity index is 1010. The van der Waals surface area contributed by atoms with Gasteiger partial charge in [-0.1, -0.05) is 30.3 Å². The normalized spacial score (nSPS) is 11.7. The lowest BCUT2D eigenvalue weighted by Crippen LogP contribution is -2.37. The first-order valence-corrected chi connectivity index (χ1v) is 8.45. The van der Waals surface area contributed by atoms with Crippen LogP contribution in [0.5, 0.6) is 0 Å². The molecule has 0 fully saturated rings. The van der Waals surface area contributed by atoms with Crippen molar-refractivity contribution in [2.75, 3.05) is 6.54 Å². The van der Waals surface area contributed by atoms with Crippen LogP contribution in [0, 0.1) is 6.92 Å². The molecule has 0 aliphatic heterocycles. The van der Waals surface area contributed by atoms with Crippen LogP contribution >= 0.6 is 11.3 Å². The molecule has 1 aromatic carbocycles. The van der Waals surface area contributed by atoms with E-state index in [2.05, 4.69) is 4.98 Å². The van der Waals surface area contributed by atoms with Crippen molar-refractivity contribution < 1.29 is 18.0 Å². The molecule has 1 N–H and O–H groups in total. The molecular weight excluding hydrogens is 367 g/mol. The van der Waals surface area contributed by atoms with Crippen molar-refractivity contribution in [2.24, 2.45) is 0 Å². The Morgan fingerprint density at radius 1 is 1.27 bits per heavy atom. The lowest BCUT2D eigenvalue weighted by Gasteiger charge is -2.09. The van der Waals surface area contributed by atoms with E-state index in [1.165, 1.54) is 17.7 Å². The van der Waals surface area contributed by atoms with E-state index in [4.69, 9.17) is 0 Å². The van der Waals surface area contributed by atoms with E-state index in [9.17, 15) is 22.8 Å². The van der Waals surface area contributed by atoms with Gasteiger partial charge < -0.3 is 5.32 Å². The third-order valence-corrected chi connectivity index (χ3v) is 5.00. The van der Waals surface area contributed by atoms with E-state index in [0.717, 1.165) is 20.6 Å². The van der Waals surface area contributed by atoms with Crippen LogP contribution in [0.3, 0.4) is 0 Å². The van der Waals surface area contributed by atoms with E-state index in [-0.39, 0.29) is 0 Å². The van der Waals surface area contributed by atoms with Gasteiger partial charge in [-0.15, -0.1) is 11.3 Å². The second-order valence-electron chi connectivity index (χ2n) is 5.67. The first-order valence-electron chi connectivity index (χ1n) is 7.63. The van der Waals surface area contributed by atoms with Crippen LogP contribution in [-0.4, -0.2) is 28.2 Å². The van der Waals surface area contributed by atoms with Gasteiger partial charge in [-0.05, 0) is 18.1 Å². The summed E-state index contributed by atoms with van der Waals surface area (Å²) in [5.41, 5.74) is 1.23. The number of hydrogen-bond acceptors (Lipinski definition) is 4. The van der Waals surface area contributed by atoms with Gasteiger partial charge in [0.2, 0.25) is 5.91 Å². The molecular formula is C17H14F3N3O2S. The predicted octanol–water partition coefficient (Wildman–Crippen LogP) is 3.11. The van der Waals surface area contributed by atoms with Crippen LogP contribution in [-0.2, 0) is 11.3 Å². The molecule has 5 nitrogen and oxygen atoms in total. The number of fused-ring (bicyclic) bond motifs is 1. The van der Waals surface area contributed by atoms with E-state index in [0.29, 0.717) is 10.2 Å². The van der Waals surface area contributed by atoms with Gasteiger partial charge in [0.05, 0.1) is 11.7 Å². The lowest BCUT2D eigenvalue weighted by atomic mass is 10.1. The molecule has 0 unspecified atom stereocenters. The van der Waals surface area contributed by atoms with Crippen molar-refractivity contribution in [3.05, 3.63) is 52.6 Å². The molecule has 26 heavy (non-hydrogen) atoms. The highest BCUT2D eigenvalue weighted by Gasteiger charge is 2.27. The first-order chi connectivity index (χ1) is 12.3. The van der Waals surface area contributed by atoms with Gasteiger partial charge in [0.15, 0.2) is 0 Å². The summed E-state index contributed by atoms with van der Waals surface area (Å²) in [6.45, 7) is -0.169. The minimum atomic E-state index is -4.50. The average Bonchev–Trinajstić information content (AvgIpc) is 2.93. The van der Waals surface area contributed by atoms with Crippen LogP contribution in [0.4, 0.5) is 13.2 Å². The second-order valence-corrected chi connectivity index (χ2v) is 6.67. The summed E-state index contributed by atoms with van der Waals surface area (Å²) in [6.07, 6.45) is -3.32. The fraction of sp³-hybridized carbons (Fsp3) is 0.235. The van der Waals surface area contributed by atoms with Crippen LogP contribution in [0.1, 0.15) is 5.56 Å². The molecule has 3 aromatic rings. The fourth-order valence-corrected chi connectivity index (χ4v) is 3.69. The van der Waals surface area contributed by atoms with Gasteiger partial charge >= 0.3 is 6.18 Å². The number of benzene rings is 1. The number of aromatic nitrogens is 2. The van der Waals surface area contributed by atoms with Crippen LogP contribution < -0.4 is 10.9 Å². The third kappa shape index (κ3) is 3.77. The van der Waals surface area contributed by atoms with Crippen molar-refractivity contribution in [3.63, 3.8) is 0 Å². The molecule has 136 valence electrons. The van der Waals surface area contributed by atoms with Gasteiger partial charge in [-0.25, -0.2) is 4.98 Å². The minimum Gasteiger partial charge on any atom is -0.345 e. The number of hydrogen-bond donors (Lipinski definition) is 1. The molecule has 0 radical (unpaired) electrons. The smallest absolute Gasteiger partial charge is 0.345 e. The van der Waals surface area contributed by atoms with Gasteiger partial charge in [-0.2, -0.15) is 13.2 Å². The lowest BCUT2D eigenvalue weighted by molar-refractivity contribution is -0.138. The molecule has 0 aliphatic rings. The molecule has 0 spiro atoms. The summed E-state index contributed by atoms with van der Waals surface area (Å²) in [4.78, 5) is 29.9. The number of halogens is 3. The zero-order valence-electron chi connectivity index (χ0n) is 13.6. The topological polar surface area (TPSA) is 64.0 Å². The predicted molar refractivity (Wildman–Crippen MR) is 93.1 cm³/mol. The highest BCUT2D eigenvalue weighted by molar-refractivity contribution is 7.22. The number of rotatable bonds is 4. The average molecular weight is 381 g/mol. The molecule has 0 saturated carbocycles. The number of alkyl halides is 3. The number of aryl methyl sites for hydroxylation is 1. The summed E-state index contributed by atoms with van der Waals surface area (Å²) in [5.74, 6) is -0.901. The number of amides is 1. The van der Waals surface area contributed by atoms with Crippen molar-refractivity contribution >= 4 is 27.5 Å². The maximum atomic E-state index is 12.7. The minimum absolute atomic E-state index is 0.375. The van der Waals surface area contributed by atoms with Crippen molar-refractivity contribution in [3.8, 4) is 10.4 Å². The molecule has 0 atom stereocenters. The summed E-state index contributed by atoms with van der Waals surface area (Å²) in [5, 5.41) is 2.12. The van der Waals surface area contributed by atoms with Gasteiger partial charge in [0.25, 0.3) is 5.56 Å². The summed E-state index contributed by atoms with van der Waals surface area (Å²) in [7, 11) is 0. The maximum Gasteiger partial charge on any atom is 0.405 e. The monoisotopic (exact) mass is 381 g/mol. The number of thiophene rings is 1. The van der Waals surface area contributed by atoms with Gasteiger partial charge in [0, 0.05) is 4.88 Å². The molecule has 3 rings (SSSR count). The summed E-state index contributed by atoms with van der Waals surface area (Å²) in [6, 6.07) is 9.49. The van der Waals surface area contributed by atoms with Crippen molar-refractivity contribution in [2.45, 2.75) is 19.6 Å². The molecule has 0 aliphatic carbocycles. The SMILES string of the molecule is Cc1c(-c2ccccc2)sc2ncn(CC(=O)NCC(F)(F)F)c(=O)c12. The van der Waals surface area contributed by atoms with Crippen LogP contribution in [0.25, 0.3) is 20.7 Å². The van der Waals surface area contributed by atoms with E-state index < -0.39 is 30.7 Å². The zero-order valence-corrected chi connectivity index (χ0v) is 14.4. The van der Waals surface area contributed by atoms with Crippen molar-refractivity contribution in [1.29, 1.82) is 0 Å². The highest BCUT2D eigenvalue weighted by Crippen LogP contribution is 2.35. The highest BCUT2D eigenvalue weighted by atomic mass is 32.1. The van der Waals surface area contributed by atoms with Gasteiger partial charge in [0.1, 0.15) is 17.9 Å².